The number of ether oxygens (including phenoxy) is 1. The van der Waals surface area contributed by atoms with Gasteiger partial charge in [-0.2, -0.15) is 0 Å². The molecule has 3 aromatic rings. The third-order valence-electron chi connectivity index (χ3n) is 9.66. The lowest BCUT2D eigenvalue weighted by atomic mass is 9.91. The molecule has 2 saturated heterocycles. The summed E-state index contributed by atoms with van der Waals surface area (Å²) in [6, 6.07) is 15.6. The van der Waals surface area contributed by atoms with E-state index in [1.807, 2.05) is 0 Å². The zero-order valence-corrected chi connectivity index (χ0v) is 24.6. The van der Waals surface area contributed by atoms with Gasteiger partial charge in [-0.15, -0.1) is 0 Å². The van der Waals surface area contributed by atoms with Crippen LogP contribution in [0.25, 0.3) is 11.0 Å². The number of aromatic nitrogens is 2. The van der Waals surface area contributed by atoms with E-state index in [1.54, 1.807) is 0 Å². The Morgan fingerprint density at radius 3 is 2.24 bits per heavy atom. The van der Waals surface area contributed by atoms with Gasteiger partial charge in [0.25, 0.3) is 0 Å². The Morgan fingerprint density at radius 1 is 0.707 bits per heavy atom. The molecular weight excluding hydrogens is 508 g/mol. The van der Waals surface area contributed by atoms with E-state index in [4.69, 9.17) is 14.7 Å². The molecule has 0 spiro atoms. The van der Waals surface area contributed by atoms with Crippen LogP contribution >= 0.6 is 0 Å². The molecule has 218 valence electrons. The molecule has 1 atom stereocenters. The van der Waals surface area contributed by atoms with Crippen molar-refractivity contribution in [1.82, 2.24) is 19.8 Å². The van der Waals surface area contributed by atoms with Gasteiger partial charge in [-0.3, -0.25) is 0 Å². The molecule has 1 unspecified atom stereocenters. The van der Waals surface area contributed by atoms with Gasteiger partial charge in [0.15, 0.2) is 11.6 Å². The molecule has 4 aliphatic rings. The summed E-state index contributed by atoms with van der Waals surface area (Å²) in [5, 5.41) is 0. The highest BCUT2D eigenvalue weighted by Crippen LogP contribution is 2.43. The van der Waals surface area contributed by atoms with E-state index in [1.165, 1.54) is 82.4 Å². The molecule has 0 radical (unpaired) electrons. The minimum absolute atomic E-state index is 0.330. The van der Waals surface area contributed by atoms with Crippen molar-refractivity contribution in [3.63, 3.8) is 0 Å². The summed E-state index contributed by atoms with van der Waals surface area (Å²) in [4.78, 5) is 20.8. The Bertz CT molecular complexity index is 1320. The van der Waals surface area contributed by atoms with Crippen LogP contribution in [0.1, 0.15) is 68.5 Å². The van der Waals surface area contributed by atoms with Crippen LogP contribution < -0.4 is 14.5 Å². The molecule has 7 rings (SSSR count). The van der Waals surface area contributed by atoms with Crippen LogP contribution in [0.3, 0.4) is 0 Å². The van der Waals surface area contributed by atoms with Crippen LogP contribution in [0, 0.1) is 0 Å². The summed E-state index contributed by atoms with van der Waals surface area (Å²) in [7, 11) is 0. The van der Waals surface area contributed by atoms with Gasteiger partial charge in [-0.25, -0.2) is 9.97 Å². The molecule has 41 heavy (non-hydrogen) atoms. The van der Waals surface area contributed by atoms with Gasteiger partial charge < -0.3 is 24.3 Å². The summed E-state index contributed by atoms with van der Waals surface area (Å²) in [6.45, 7) is 11.0. The number of anilines is 2. The molecule has 0 saturated carbocycles. The Hall–Kier alpha value is -2.90. The van der Waals surface area contributed by atoms with Crippen LogP contribution in [0.5, 0.6) is 5.75 Å². The predicted molar refractivity (Wildman–Crippen MR) is 167 cm³/mol. The summed E-state index contributed by atoms with van der Waals surface area (Å²) >= 11 is 0. The van der Waals surface area contributed by atoms with Crippen molar-refractivity contribution in [3.05, 3.63) is 53.6 Å². The molecule has 4 aliphatic heterocycles. The van der Waals surface area contributed by atoms with Crippen LogP contribution in [-0.2, 0) is 6.42 Å². The largest absolute Gasteiger partial charge is 0.493 e. The second kappa shape index (κ2) is 12.5. The number of hydrogen-bond donors (Lipinski definition) is 0. The van der Waals surface area contributed by atoms with Crippen molar-refractivity contribution in [1.29, 1.82) is 0 Å². The second-order valence-corrected chi connectivity index (χ2v) is 12.5. The zero-order chi connectivity index (χ0) is 27.4. The van der Waals surface area contributed by atoms with Crippen LogP contribution in [0.15, 0.2) is 42.5 Å². The molecule has 0 amide bonds. The molecular formula is C34H46N6O. The SMILES string of the molecule is c1ccc2c(c1)CCN1c3nc4ccc(OCCCN5CCCCC5)cc4nc3N(CCCN3CCCCC3)CC21. The van der Waals surface area contributed by atoms with E-state index in [-0.39, 0.29) is 0 Å². The fraction of sp³-hybridized carbons (Fsp3) is 0.588. The van der Waals surface area contributed by atoms with E-state index >= 15 is 0 Å². The first-order chi connectivity index (χ1) is 20.3. The molecule has 7 nitrogen and oxygen atoms in total. The van der Waals surface area contributed by atoms with Crippen molar-refractivity contribution >= 4 is 22.7 Å². The maximum Gasteiger partial charge on any atom is 0.173 e. The van der Waals surface area contributed by atoms with Gasteiger partial charge in [0, 0.05) is 32.2 Å². The van der Waals surface area contributed by atoms with E-state index in [2.05, 4.69) is 62.1 Å². The minimum Gasteiger partial charge on any atom is -0.493 e. The average Bonchev–Trinajstić information content (AvgIpc) is 3.03. The minimum atomic E-state index is 0.330. The zero-order valence-electron chi connectivity index (χ0n) is 24.6. The highest BCUT2D eigenvalue weighted by atomic mass is 16.5. The van der Waals surface area contributed by atoms with Crippen molar-refractivity contribution in [2.24, 2.45) is 0 Å². The van der Waals surface area contributed by atoms with Gasteiger partial charge in [0.1, 0.15) is 5.75 Å². The van der Waals surface area contributed by atoms with Gasteiger partial charge in [0.2, 0.25) is 0 Å². The summed E-state index contributed by atoms with van der Waals surface area (Å²) in [6.07, 6.45) is 11.4. The first-order valence-electron chi connectivity index (χ1n) is 16.3. The highest BCUT2D eigenvalue weighted by Gasteiger charge is 2.37. The third kappa shape index (κ3) is 6.02. The molecule has 2 aromatic carbocycles. The number of nitrogens with zero attached hydrogens (tertiary/aromatic N) is 6. The number of fused-ring (bicyclic) bond motifs is 6. The Kier molecular flexibility index (Phi) is 8.25. The van der Waals surface area contributed by atoms with Crippen molar-refractivity contribution in [2.75, 3.05) is 75.3 Å². The van der Waals surface area contributed by atoms with E-state index in [0.717, 1.165) is 80.5 Å². The summed E-state index contributed by atoms with van der Waals surface area (Å²) in [5.41, 5.74) is 4.84. The van der Waals surface area contributed by atoms with Gasteiger partial charge >= 0.3 is 0 Å². The fourth-order valence-electron chi connectivity index (χ4n) is 7.43. The molecule has 2 fully saturated rings. The first kappa shape index (κ1) is 27.0. The van der Waals surface area contributed by atoms with Gasteiger partial charge in [-0.1, -0.05) is 37.1 Å². The molecule has 0 N–H and O–H groups in total. The number of piperidine rings is 2. The highest BCUT2D eigenvalue weighted by molar-refractivity contribution is 5.83. The number of benzene rings is 2. The molecule has 0 bridgehead atoms. The van der Waals surface area contributed by atoms with E-state index < -0.39 is 0 Å². The standard InChI is InChI=1S/C34H46N6O/c1-5-16-37(17-6-1)20-9-22-39-26-32-29-12-4-3-11-27(29)15-23-40(32)34-33(39)36-31-25-28(13-14-30(31)35-34)41-24-10-21-38-18-7-2-8-19-38/h3-4,11-14,25,32H,1-2,5-10,15-24,26H2. The lowest BCUT2D eigenvalue weighted by Gasteiger charge is -2.46. The summed E-state index contributed by atoms with van der Waals surface area (Å²) in [5.74, 6) is 3.01. The normalized spacial score (nSPS) is 21.4. The predicted octanol–water partition coefficient (Wildman–Crippen LogP) is 5.68. The number of hydrogen-bond acceptors (Lipinski definition) is 7. The van der Waals surface area contributed by atoms with Crippen LogP contribution in [0.2, 0.25) is 0 Å². The summed E-state index contributed by atoms with van der Waals surface area (Å²) < 4.78 is 6.21. The molecule has 5 heterocycles. The second-order valence-electron chi connectivity index (χ2n) is 12.5. The first-order valence-corrected chi connectivity index (χ1v) is 16.3. The smallest absolute Gasteiger partial charge is 0.173 e. The molecule has 7 heteroatoms. The molecule has 1 aromatic heterocycles. The van der Waals surface area contributed by atoms with Gasteiger partial charge in [-0.05, 0) is 101 Å². The van der Waals surface area contributed by atoms with Crippen LogP contribution in [0.4, 0.5) is 11.6 Å². The Labute approximate surface area is 245 Å². The van der Waals surface area contributed by atoms with Gasteiger partial charge in [0.05, 0.1) is 23.7 Å². The quantitative estimate of drug-likeness (QED) is 0.315. The van der Waals surface area contributed by atoms with Crippen molar-refractivity contribution < 1.29 is 4.74 Å². The topological polar surface area (TPSA) is 48.0 Å². The molecule has 0 aliphatic carbocycles. The lowest BCUT2D eigenvalue weighted by molar-refractivity contribution is 0.205. The number of rotatable bonds is 9. The average molecular weight is 555 g/mol. The Morgan fingerprint density at radius 2 is 1.44 bits per heavy atom. The van der Waals surface area contributed by atoms with E-state index in [0.29, 0.717) is 6.04 Å². The third-order valence-corrected chi connectivity index (χ3v) is 9.66. The number of likely N-dealkylation sites (tertiary alicyclic amines) is 2. The fourth-order valence-corrected chi connectivity index (χ4v) is 7.43. The van der Waals surface area contributed by atoms with Crippen molar-refractivity contribution in [2.45, 2.75) is 63.8 Å². The van der Waals surface area contributed by atoms with Crippen molar-refractivity contribution in [3.8, 4) is 5.75 Å². The van der Waals surface area contributed by atoms with E-state index in [9.17, 15) is 0 Å². The maximum atomic E-state index is 6.21. The lowest BCUT2D eigenvalue weighted by Crippen LogP contribution is -2.48. The maximum absolute atomic E-state index is 6.21. The Balaban J connectivity index is 1.10. The van der Waals surface area contributed by atoms with Crippen LogP contribution in [-0.4, -0.2) is 85.3 Å². The monoisotopic (exact) mass is 554 g/mol.